The maximum absolute atomic E-state index is 11.2. The topological polar surface area (TPSA) is 151 Å². The number of nitrogens with one attached hydrogen (secondary N) is 1. The number of ketones is 2. The number of ether oxygens (including phenoxy) is 1. The van der Waals surface area contributed by atoms with Crippen molar-refractivity contribution < 1.29 is 84.5 Å². The number of nitrogens with two attached hydrogens (primary N) is 3. The van der Waals surface area contributed by atoms with Crippen molar-refractivity contribution in [1.82, 2.24) is 5.32 Å². The van der Waals surface area contributed by atoms with Gasteiger partial charge in [0.25, 0.3) is 0 Å². The van der Waals surface area contributed by atoms with E-state index in [1.54, 1.807) is 0 Å². The van der Waals surface area contributed by atoms with Gasteiger partial charge in [-0.25, -0.2) is 0 Å². The molecule has 0 aliphatic heterocycles. The molecule has 2 radical (unpaired) electrons. The van der Waals surface area contributed by atoms with Crippen molar-refractivity contribution in [3.63, 3.8) is 0 Å². The fourth-order valence-electron chi connectivity index (χ4n) is 3.22. The minimum atomic E-state index is -0.0463. The largest absolute Gasteiger partial charge is 0.388 e. The van der Waals surface area contributed by atoms with Crippen LogP contribution in [0.2, 0.25) is 0 Å². The molecule has 0 unspecified atom stereocenters. The van der Waals surface area contributed by atoms with Crippen LogP contribution in [-0.4, -0.2) is 56.9 Å². The minimum Gasteiger partial charge on any atom is -0.388 e. The van der Waals surface area contributed by atoms with Crippen LogP contribution >= 0.6 is 0 Å². The number of rotatable bonds is 16. The first-order valence-corrected chi connectivity index (χ1v) is 16.3. The van der Waals surface area contributed by atoms with Gasteiger partial charge in [0.1, 0.15) is 12.4 Å². The normalized spacial score (nSPS) is 9.52. The van der Waals surface area contributed by atoms with Gasteiger partial charge in [0.2, 0.25) is 0 Å². The summed E-state index contributed by atoms with van der Waals surface area (Å²) in [6.45, 7) is 36.2. The van der Waals surface area contributed by atoms with Crippen LogP contribution in [0.15, 0.2) is 0 Å². The maximum atomic E-state index is 11.2. The fourth-order valence-corrected chi connectivity index (χ4v) is 3.22. The summed E-state index contributed by atoms with van der Waals surface area (Å²) < 4.78 is 5.02. The molecule has 50 heavy (non-hydrogen) atoms. The summed E-state index contributed by atoms with van der Waals surface area (Å²) in [5.41, 5.74) is 16.3. The van der Waals surface area contributed by atoms with Gasteiger partial charge in [-0.15, -0.1) is 25.9 Å². The zero-order valence-electron chi connectivity index (χ0n) is 31.9. The van der Waals surface area contributed by atoms with Gasteiger partial charge < -0.3 is 59.7 Å². The van der Waals surface area contributed by atoms with E-state index in [0.29, 0.717) is 62.1 Å². The third kappa shape index (κ3) is 104. The predicted molar refractivity (Wildman–Crippen MR) is 219 cm³/mol. The number of Topliss-reactive ketones (excluding diaryl/α,β-unsaturated/α-hetero) is 2. The molecule has 0 aliphatic rings. The molecule has 0 aromatic rings. The molecule has 0 fully saturated rings. The smallest absolute Gasteiger partial charge is 0.187 e. The van der Waals surface area contributed by atoms with Gasteiger partial charge in [-0.1, -0.05) is 111 Å². The van der Waals surface area contributed by atoms with Crippen LogP contribution in [-0.2, 0) is 84.5 Å². The van der Waals surface area contributed by atoms with Crippen molar-refractivity contribution in [3.8, 4) is 0 Å². The van der Waals surface area contributed by atoms with Crippen molar-refractivity contribution >= 4 is 17.5 Å². The molecule has 0 saturated heterocycles. The standard InChI is InChI=1S/C12H23O.C9H19NO2.C8H19N.C5H9NO.C2H6N.4CH4.2Y/c1-5-11(13)9-7-6-8-10-12(2,3)4;1-9(2,3)6-8(11)7-12-5-4-10;1-8(2,3)6-4-5-7-9;1-3-5(7)6-4-2;1-2-3;;;;;;/h1,5-10H2,2-4H3;4-7,10H2,1-3H3;4-7,9H2,1-3H3;1-4H2,(H,6,7);1-3H2;4*1H4;;/q-1;;;-2;-1;;;;;;. The van der Waals surface area contributed by atoms with Gasteiger partial charge in [-0.2, -0.15) is 0 Å². The molecule has 0 saturated carbocycles. The van der Waals surface area contributed by atoms with Crippen molar-refractivity contribution in [2.45, 2.75) is 163 Å². The average Bonchev–Trinajstić information content (AvgIpc) is 2.88. The summed E-state index contributed by atoms with van der Waals surface area (Å²) in [7, 11) is 0. The van der Waals surface area contributed by atoms with E-state index >= 15 is 0 Å². The average molecular weight is 871 g/mol. The number of amides is 1. The first-order chi connectivity index (χ1) is 20.2. The number of hydrogen-bond acceptors (Lipinski definition) is 7. The van der Waals surface area contributed by atoms with Gasteiger partial charge in [-0.05, 0) is 48.5 Å². The van der Waals surface area contributed by atoms with E-state index < -0.39 is 0 Å². The Morgan fingerprint density at radius 1 is 0.600 bits per heavy atom. The third-order valence-corrected chi connectivity index (χ3v) is 5.34. The van der Waals surface area contributed by atoms with Crippen LogP contribution in [0.1, 0.15) is 163 Å². The zero-order chi connectivity index (χ0) is 35.7. The van der Waals surface area contributed by atoms with Crippen LogP contribution in [0, 0.1) is 43.9 Å². The van der Waals surface area contributed by atoms with Gasteiger partial charge >= 0.3 is 0 Å². The Morgan fingerprint density at radius 3 is 1.30 bits per heavy atom. The molecular formula is C40H92N4O4Y2-4. The molecule has 0 rings (SSSR count). The van der Waals surface area contributed by atoms with Crippen LogP contribution < -0.4 is 22.5 Å². The molecule has 0 aromatic carbocycles. The molecule has 0 atom stereocenters. The molecular weight excluding hydrogens is 778 g/mol. The van der Waals surface area contributed by atoms with E-state index in [-0.39, 0.29) is 119 Å². The molecule has 10 heteroatoms. The Labute approximate surface area is 367 Å². The van der Waals surface area contributed by atoms with E-state index in [1.165, 1.54) is 38.5 Å². The van der Waals surface area contributed by atoms with E-state index in [0.717, 1.165) is 19.4 Å². The summed E-state index contributed by atoms with van der Waals surface area (Å²) in [6, 6.07) is 0. The summed E-state index contributed by atoms with van der Waals surface area (Å²) in [4.78, 5) is 32.3. The van der Waals surface area contributed by atoms with Gasteiger partial charge in [0, 0.05) is 84.8 Å². The molecule has 0 spiro atoms. The zero-order valence-corrected chi connectivity index (χ0v) is 37.5. The molecule has 306 valence electrons. The van der Waals surface area contributed by atoms with Gasteiger partial charge in [-0.3, -0.25) is 9.59 Å². The summed E-state index contributed by atoms with van der Waals surface area (Å²) >= 11 is 0. The van der Waals surface area contributed by atoms with Crippen molar-refractivity contribution in [2.75, 3.05) is 39.4 Å². The van der Waals surface area contributed by atoms with Crippen molar-refractivity contribution in [1.29, 1.82) is 0 Å². The second-order valence-corrected chi connectivity index (χ2v) is 14.2. The Bertz CT molecular complexity index is 647. The number of carbonyl (C=O) groups is 3. The number of carbonyl (C=O) groups excluding carboxylic acids is 3. The van der Waals surface area contributed by atoms with Crippen LogP contribution in [0.5, 0.6) is 0 Å². The first kappa shape index (κ1) is 79.6. The predicted octanol–water partition coefficient (Wildman–Crippen LogP) is 9.38. The Kier molecular flexibility index (Phi) is 86.3. The van der Waals surface area contributed by atoms with Gasteiger partial charge in [0.05, 0.1) is 6.61 Å². The quantitative estimate of drug-likeness (QED) is 0.0892. The molecule has 0 aromatic heterocycles. The fraction of sp³-hybridized carbons (Fsp3) is 0.825. The Balaban J connectivity index is -0.0000000429. The number of hydrogen-bond donors (Lipinski definition) is 4. The minimum absolute atomic E-state index is 0. The van der Waals surface area contributed by atoms with Crippen molar-refractivity contribution in [2.24, 2.45) is 33.4 Å². The van der Waals surface area contributed by atoms with Crippen LogP contribution in [0.4, 0.5) is 0 Å². The molecule has 1 amide bonds. The van der Waals surface area contributed by atoms with Crippen LogP contribution in [0.3, 0.4) is 0 Å². The van der Waals surface area contributed by atoms with E-state index in [9.17, 15) is 14.4 Å². The molecule has 7 N–H and O–H groups in total. The van der Waals surface area contributed by atoms with E-state index in [2.05, 4.69) is 74.6 Å². The Morgan fingerprint density at radius 2 is 1.02 bits per heavy atom. The second kappa shape index (κ2) is 54.2. The molecule has 8 nitrogen and oxygen atoms in total. The summed E-state index contributed by atoms with van der Waals surface area (Å²) in [5.74, 6) is 0.404. The van der Waals surface area contributed by atoms with Gasteiger partial charge in [0.15, 0.2) is 11.7 Å². The van der Waals surface area contributed by atoms with Crippen LogP contribution in [0.25, 0.3) is 0 Å². The monoisotopic (exact) mass is 871 g/mol. The second-order valence-electron chi connectivity index (χ2n) is 14.2. The first-order valence-electron chi connectivity index (χ1n) is 16.3. The Hall–Kier alpha value is 0.858. The summed E-state index contributed by atoms with van der Waals surface area (Å²) in [5, 5.41) is 2.48. The summed E-state index contributed by atoms with van der Waals surface area (Å²) in [6.07, 6.45) is 10.5. The third-order valence-electron chi connectivity index (χ3n) is 5.34. The molecule has 0 heterocycles. The van der Waals surface area contributed by atoms with E-state index in [1.807, 2.05) is 20.8 Å². The molecule has 0 bridgehead atoms. The van der Waals surface area contributed by atoms with Crippen molar-refractivity contribution in [3.05, 3.63) is 27.7 Å². The number of unbranched alkanes of at least 4 members (excludes halogenated alkanes) is 3. The van der Waals surface area contributed by atoms with E-state index in [4.69, 9.17) is 21.9 Å². The SMILES string of the molecule is C.C.C.C.CC(C)(C)CC(=O)COCCN.CC(C)(C)CCCCN.[CH2-]CC(=O)CCCCCC(C)(C)C.[CH2-]CN.[CH2-]CNC(=O)C[CH2-].[Y].[Y]. The molecule has 0 aliphatic carbocycles. The maximum Gasteiger partial charge on any atom is 0.187 e.